The van der Waals surface area contributed by atoms with E-state index in [0.29, 0.717) is 0 Å². The van der Waals surface area contributed by atoms with Gasteiger partial charge in [0.25, 0.3) is 0 Å². The van der Waals surface area contributed by atoms with Gasteiger partial charge in [0, 0.05) is 0 Å². The van der Waals surface area contributed by atoms with Crippen LogP contribution in [0.1, 0.15) is 40.0 Å². The maximum Gasteiger partial charge on any atom is 0.113 e. The number of rotatable bonds is 5. The van der Waals surface area contributed by atoms with Crippen LogP contribution in [-0.2, 0) is 0 Å². The Hall–Kier alpha value is -0.715. The summed E-state index contributed by atoms with van der Waals surface area (Å²) in [6, 6.07) is 0. The second kappa shape index (κ2) is 6.76. The molecule has 0 N–H and O–H groups in total. The van der Waals surface area contributed by atoms with Crippen molar-refractivity contribution in [2.24, 2.45) is 0 Å². The van der Waals surface area contributed by atoms with Gasteiger partial charge < -0.3 is 0 Å². The Morgan fingerprint density at radius 3 is 2.38 bits per heavy atom. The molecular weight excluding hydrogens is 155 g/mol. The van der Waals surface area contributed by atoms with E-state index in [2.05, 4.69) is 20.4 Å². The number of hydrogen-bond donors (Lipinski definition) is 0. The smallest absolute Gasteiger partial charge is 0.0965 e. The van der Waals surface area contributed by atoms with E-state index in [4.69, 9.17) is 7.85 Å². The minimum atomic E-state index is 0.807. The highest BCUT2D eigenvalue weighted by molar-refractivity contribution is 6.23. The summed E-state index contributed by atoms with van der Waals surface area (Å²) in [7, 11) is 5.77. The van der Waals surface area contributed by atoms with Gasteiger partial charge in [0.2, 0.25) is 0 Å². The molecule has 0 bridgehead atoms. The van der Waals surface area contributed by atoms with Crippen molar-refractivity contribution in [2.75, 3.05) is 0 Å². The zero-order valence-corrected chi connectivity index (χ0v) is 9.06. The molecule has 0 aromatic rings. The predicted molar refractivity (Wildman–Crippen MR) is 61.9 cm³/mol. The maximum absolute atomic E-state index is 5.77. The summed E-state index contributed by atoms with van der Waals surface area (Å²) in [4.78, 5) is 0. The van der Waals surface area contributed by atoms with Crippen LogP contribution in [0.2, 0.25) is 0 Å². The molecule has 13 heavy (non-hydrogen) atoms. The van der Waals surface area contributed by atoms with E-state index in [-0.39, 0.29) is 0 Å². The van der Waals surface area contributed by atoms with Crippen LogP contribution >= 0.6 is 0 Å². The lowest BCUT2D eigenvalue weighted by molar-refractivity contribution is 0.787. The van der Waals surface area contributed by atoms with Crippen molar-refractivity contribution < 1.29 is 0 Å². The third-order valence-electron chi connectivity index (χ3n) is 1.75. The topological polar surface area (TPSA) is 0 Å². The summed E-state index contributed by atoms with van der Waals surface area (Å²) in [5.74, 6) is 0. The first-order valence-corrected chi connectivity index (χ1v) is 4.86. The molecule has 70 valence electrons. The summed E-state index contributed by atoms with van der Waals surface area (Å²) in [6.45, 7) is 10.0. The van der Waals surface area contributed by atoms with Crippen molar-refractivity contribution in [3.8, 4) is 0 Å². The molecule has 0 unspecified atom stereocenters. The van der Waals surface area contributed by atoms with E-state index in [9.17, 15) is 0 Å². The van der Waals surface area contributed by atoms with Crippen LogP contribution in [0.4, 0.5) is 0 Å². The Bertz CT molecular complexity index is 221. The lowest BCUT2D eigenvalue weighted by Crippen LogP contribution is -1.82. The van der Waals surface area contributed by atoms with Crippen LogP contribution in [0.25, 0.3) is 0 Å². The molecule has 0 aliphatic carbocycles. The summed E-state index contributed by atoms with van der Waals surface area (Å²) in [6.07, 6.45) is 7.54. The molecule has 0 aliphatic heterocycles. The standard InChI is InChI=1S/C12H19B/c1-5-6-7-11(4)9-12(13)8-10(2)3/h8-9H,2,5-7H2,1,3-4H3/b11-9-,12-8+. The Kier molecular flexibility index (Phi) is 6.39. The molecular formula is C12H19B. The van der Waals surface area contributed by atoms with Crippen molar-refractivity contribution in [1.29, 1.82) is 0 Å². The number of hydrogen-bond acceptors (Lipinski definition) is 0. The highest BCUT2D eigenvalue weighted by atomic mass is 13.9. The minimum absolute atomic E-state index is 0.807. The highest BCUT2D eigenvalue weighted by Gasteiger charge is 1.89. The fourth-order valence-corrected chi connectivity index (χ4v) is 1.14. The van der Waals surface area contributed by atoms with Gasteiger partial charge in [0.15, 0.2) is 0 Å². The van der Waals surface area contributed by atoms with Gasteiger partial charge in [0.1, 0.15) is 7.85 Å². The Balaban J connectivity index is 4.13. The molecule has 0 aromatic heterocycles. The van der Waals surface area contributed by atoms with Gasteiger partial charge in [-0.05, 0) is 26.7 Å². The Morgan fingerprint density at radius 1 is 1.31 bits per heavy atom. The monoisotopic (exact) mass is 174 g/mol. The molecule has 0 spiro atoms. The molecule has 0 aliphatic rings. The zero-order valence-electron chi connectivity index (χ0n) is 9.06. The van der Waals surface area contributed by atoms with Gasteiger partial charge >= 0.3 is 0 Å². The fraction of sp³-hybridized carbons (Fsp3) is 0.500. The van der Waals surface area contributed by atoms with Crippen molar-refractivity contribution >= 4 is 7.85 Å². The molecule has 0 atom stereocenters. The number of allylic oxidation sites excluding steroid dienone is 5. The first-order chi connectivity index (χ1) is 6.06. The van der Waals surface area contributed by atoms with Crippen LogP contribution in [0.3, 0.4) is 0 Å². The molecule has 1 heteroatoms. The van der Waals surface area contributed by atoms with E-state index in [0.717, 1.165) is 17.5 Å². The summed E-state index contributed by atoms with van der Waals surface area (Å²) in [5, 5.41) is 0. The largest absolute Gasteiger partial charge is 0.113 e. The molecule has 0 saturated heterocycles. The summed E-state index contributed by atoms with van der Waals surface area (Å²) < 4.78 is 0. The average molecular weight is 174 g/mol. The van der Waals surface area contributed by atoms with E-state index >= 15 is 0 Å². The van der Waals surface area contributed by atoms with Crippen LogP contribution in [0.15, 0.2) is 35.3 Å². The average Bonchev–Trinajstić information content (AvgIpc) is 1.98. The molecule has 0 amide bonds. The third kappa shape index (κ3) is 7.64. The third-order valence-corrected chi connectivity index (χ3v) is 1.75. The van der Waals surface area contributed by atoms with Crippen molar-refractivity contribution in [3.63, 3.8) is 0 Å². The van der Waals surface area contributed by atoms with Gasteiger partial charge in [-0.2, -0.15) is 0 Å². The zero-order chi connectivity index (χ0) is 10.3. The predicted octanol–water partition coefficient (Wildman–Crippen LogP) is 3.75. The van der Waals surface area contributed by atoms with Crippen LogP contribution < -0.4 is 0 Å². The van der Waals surface area contributed by atoms with E-state index < -0.39 is 0 Å². The highest BCUT2D eigenvalue weighted by Crippen LogP contribution is 2.09. The van der Waals surface area contributed by atoms with Crippen molar-refractivity contribution in [1.82, 2.24) is 0 Å². The van der Waals surface area contributed by atoms with Crippen LogP contribution in [0.5, 0.6) is 0 Å². The molecule has 0 heterocycles. The number of unbranched alkanes of at least 4 members (excludes halogenated alkanes) is 1. The van der Waals surface area contributed by atoms with Gasteiger partial charge in [-0.3, -0.25) is 0 Å². The van der Waals surface area contributed by atoms with E-state index in [1.54, 1.807) is 0 Å². The second-order valence-electron chi connectivity index (χ2n) is 3.58. The van der Waals surface area contributed by atoms with E-state index in [1.165, 1.54) is 18.4 Å². The SMILES string of the molecule is [B]C(=C/C(=C)C)/C=C(/C)CCCC. The van der Waals surface area contributed by atoms with Crippen LogP contribution in [-0.4, -0.2) is 7.85 Å². The first kappa shape index (κ1) is 12.3. The summed E-state index contributed by atoms with van der Waals surface area (Å²) in [5.41, 5.74) is 3.15. The molecule has 0 rings (SSSR count). The fourth-order valence-electron chi connectivity index (χ4n) is 1.14. The minimum Gasteiger partial charge on any atom is -0.0965 e. The quantitative estimate of drug-likeness (QED) is 0.439. The van der Waals surface area contributed by atoms with Crippen molar-refractivity contribution in [2.45, 2.75) is 40.0 Å². The summed E-state index contributed by atoms with van der Waals surface area (Å²) >= 11 is 0. The molecule has 0 saturated carbocycles. The second-order valence-corrected chi connectivity index (χ2v) is 3.58. The molecule has 0 nitrogen and oxygen atoms in total. The normalized spacial score (nSPS) is 13.2. The van der Waals surface area contributed by atoms with Gasteiger partial charge in [-0.1, -0.05) is 48.7 Å². The van der Waals surface area contributed by atoms with Gasteiger partial charge in [0.05, 0.1) is 0 Å². The Labute approximate surface area is 83.8 Å². The molecule has 0 fully saturated rings. The van der Waals surface area contributed by atoms with Gasteiger partial charge in [-0.25, -0.2) is 0 Å². The lowest BCUT2D eigenvalue weighted by Gasteiger charge is -2.00. The maximum atomic E-state index is 5.77. The van der Waals surface area contributed by atoms with Crippen molar-refractivity contribution in [3.05, 3.63) is 35.3 Å². The van der Waals surface area contributed by atoms with Crippen LogP contribution in [0, 0.1) is 0 Å². The van der Waals surface area contributed by atoms with Gasteiger partial charge in [-0.15, -0.1) is 0 Å². The lowest BCUT2D eigenvalue weighted by atomic mass is 9.91. The Morgan fingerprint density at radius 2 is 1.92 bits per heavy atom. The molecule has 0 aromatic carbocycles. The first-order valence-electron chi connectivity index (χ1n) is 4.86. The van der Waals surface area contributed by atoms with E-state index in [1.807, 2.05) is 19.1 Å². The molecule has 2 radical (unpaired) electrons.